The first kappa shape index (κ1) is 18.0. The fourth-order valence-corrected chi connectivity index (χ4v) is 4.01. The number of rotatable bonds is 5. The Hall–Kier alpha value is -1.76. The summed E-state index contributed by atoms with van der Waals surface area (Å²) in [5, 5.41) is 2.70. The lowest BCUT2D eigenvalue weighted by molar-refractivity contribution is -0.140. The number of hydrogen-bond donors (Lipinski definition) is 1. The van der Waals surface area contributed by atoms with E-state index >= 15 is 0 Å². The Bertz CT molecular complexity index is 686. The number of nitrogens with one attached hydrogen (secondary N) is 1. The van der Waals surface area contributed by atoms with E-state index in [2.05, 4.69) is 21.2 Å². The van der Waals surface area contributed by atoms with Gasteiger partial charge in [-0.05, 0) is 36.6 Å². The van der Waals surface area contributed by atoms with Gasteiger partial charge in [0.05, 0.1) is 11.8 Å². The SMILES string of the molecule is O=C(CCN1C(=O)C2CCCCC2C1=O)NCc1cc(F)ccc1Br. The van der Waals surface area contributed by atoms with Crippen LogP contribution in [0.3, 0.4) is 0 Å². The van der Waals surface area contributed by atoms with Crippen LogP contribution in [0.2, 0.25) is 0 Å². The van der Waals surface area contributed by atoms with E-state index in [1.54, 1.807) is 6.07 Å². The molecule has 3 rings (SSSR count). The fraction of sp³-hybridized carbons (Fsp3) is 0.500. The minimum absolute atomic E-state index is 0.0594. The Morgan fingerprint density at radius 1 is 1.20 bits per heavy atom. The molecule has 2 aliphatic rings. The average molecular weight is 411 g/mol. The number of likely N-dealkylation sites (tertiary alicyclic amines) is 1. The third-order valence-electron chi connectivity index (χ3n) is 4.98. The quantitative estimate of drug-likeness (QED) is 0.758. The molecule has 1 N–H and O–H groups in total. The second-order valence-electron chi connectivity index (χ2n) is 6.59. The number of fused-ring (bicyclic) bond motifs is 1. The van der Waals surface area contributed by atoms with Crippen molar-refractivity contribution >= 4 is 33.7 Å². The van der Waals surface area contributed by atoms with Crippen LogP contribution in [0.5, 0.6) is 0 Å². The van der Waals surface area contributed by atoms with Crippen LogP contribution in [0.4, 0.5) is 4.39 Å². The molecule has 0 bridgehead atoms. The van der Waals surface area contributed by atoms with Crippen molar-refractivity contribution in [1.29, 1.82) is 0 Å². The highest BCUT2D eigenvalue weighted by Gasteiger charge is 2.47. The van der Waals surface area contributed by atoms with Crippen LogP contribution in [0.15, 0.2) is 22.7 Å². The molecule has 5 nitrogen and oxygen atoms in total. The molecule has 3 amide bonds. The van der Waals surface area contributed by atoms with Crippen LogP contribution >= 0.6 is 15.9 Å². The normalized spacial score (nSPS) is 22.9. The van der Waals surface area contributed by atoms with Crippen LogP contribution in [0.25, 0.3) is 0 Å². The largest absolute Gasteiger partial charge is 0.352 e. The van der Waals surface area contributed by atoms with Crippen molar-refractivity contribution in [2.24, 2.45) is 11.8 Å². The van der Waals surface area contributed by atoms with E-state index < -0.39 is 0 Å². The molecule has 2 atom stereocenters. The van der Waals surface area contributed by atoms with Gasteiger partial charge in [0.2, 0.25) is 17.7 Å². The maximum Gasteiger partial charge on any atom is 0.233 e. The fourth-order valence-electron chi connectivity index (χ4n) is 3.63. The molecule has 1 saturated carbocycles. The Balaban J connectivity index is 1.51. The summed E-state index contributed by atoms with van der Waals surface area (Å²) in [6.45, 7) is 0.297. The lowest BCUT2D eigenvalue weighted by Crippen LogP contribution is -2.35. The molecule has 1 heterocycles. The summed E-state index contributed by atoms with van der Waals surface area (Å²) in [7, 11) is 0. The highest BCUT2D eigenvalue weighted by atomic mass is 79.9. The van der Waals surface area contributed by atoms with Gasteiger partial charge in [-0.15, -0.1) is 0 Å². The zero-order valence-electron chi connectivity index (χ0n) is 13.8. The Morgan fingerprint density at radius 2 is 1.84 bits per heavy atom. The van der Waals surface area contributed by atoms with E-state index in [9.17, 15) is 18.8 Å². The summed E-state index contributed by atoms with van der Waals surface area (Å²) in [5.41, 5.74) is 0.632. The van der Waals surface area contributed by atoms with Gasteiger partial charge in [0.15, 0.2) is 0 Å². The summed E-state index contributed by atoms with van der Waals surface area (Å²) in [6, 6.07) is 4.27. The van der Waals surface area contributed by atoms with Crippen molar-refractivity contribution in [3.63, 3.8) is 0 Å². The standard InChI is InChI=1S/C18H20BrFN2O3/c19-15-6-5-12(20)9-11(15)10-21-16(23)7-8-22-17(24)13-3-1-2-4-14(13)18(22)25/h5-6,9,13-14H,1-4,7-8,10H2,(H,21,23). The van der Waals surface area contributed by atoms with Gasteiger partial charge < -0.3 is 5.32 Å². The van der Waals surface area contributed by atoms with Gasteiger partial charge in [0, 0.05) is 24.0 Å². The van der Waals surface area contributed by atoms with Gasteiger partial charge in [-0.25, -0.2) is 4.39 Å². The van der Waals surface area contributed by atoms with E-state index in [0.29, 0.717) is 10.0 Å². The second kappa shape index (κ2) is 7.64. The van der Waals surface area contributed by atoms with Crippen LogP contribution in [-0.2, 0) is 20.9 Å². The topological polar surface area (TPSA) is 66.5 Å². The van der Waals surface area contributed by atoms with E-state index in [1.807, 2.05) is 0 Å². The number of amides is 3. The number of carbonyl (C=O) groups is 3. The summed E-state index contributed by atoms with van der Waals surface area (Å²) in [6.07, 6.45) is 3.56. The summed E-state index contributed by atoms with van der Waals surface area (Å²) < 4.78 is 14.0. The van der Waals surface area contributed by atoms with Gasteiger partial charge in [-0.2, -0.15) is 0 Å². The predicted octanol–water partition coefficient (Wildman–Crippen LogP) is 2.77. The van der Waals surface area contributed by atoms with E-state index in [4.69, 9.17) is 0 Å². The van der Waals surface area contributed by atoms with Crippen LogP contribution in [-0.4, -0.2) is 29.2 Å². The summed E-state index contributed by atoms with van der Waals surface area (Å²) in [5.74, 6) is -1.28. The number of carbonyl (C=O) groups excluding carboxylic acids is 3. The molecule has 1 aromatic carbocycles. The molecule has 0 spiro atoms. The highest BCUT2D eigenvalue weighted by Crippen LogP contribution is 2.37. The van der Waals surface area contributed by atoms with Crippen molar-refractivity contribution in [1.82, 2.24) is 10.2 Å². The van der Waals surface area contributed by atoms with Crippen molar-refractivity contribution < 1.29 is 18.8 Å². The molecule has 1 aliphatic heterocycles. The van der Waals surface area contributed by atoms with E-state index in [0.717, 1.165) is 25.7 Å². The third-order valence-corrected chi connectivity index (χ3v) is 5.75. The minimum Gasteiger partial charge on any atom is -0.352 e. The maximum absolute atomic E-state index is 13.2. The summed E-state index contributed by atoms with van der Waals surface area (Å²) >= 11 is 3.31. The molecular weight excluding hydrogens is 391 g/mol. The number of imide groups is 1. The molecule has 25 heavy (non-hydrogen) atoms. The van der Waals surface area contributed by atoms with Crippen LogP contribution < -0.4 is 5.32 Å². The molecule has 2 unspecified atom stereocenters. The molecule has 1 aliphatic carbocycles. The average Bonchev–Trinajstić information content (AvgIpc) is 2.85. The Labute approximate surface area is 154 Å². The van der Waals surface area contributed by atoms with Gasteiger partial charge in [-0.1, -0.05) is 28.8 Å². The number of hydrogen-bond acceptors (Lipinski definition) is 3. The van der Waals surface area contributed by atoms with Gasteiger partial charge in [0.1, 0.15) is 5.82 Å². The van der Waals surface area contributed by atoms with Crippen molar-refractivity contribution in [3.05, 3.63) is 34.1 Å². The smallest absolute Gasteiger partial charge is 0.233 e. The molecular formula is C18H20BrFN2O3. The monoisotopic (exact) mass is 410 g/mol. The van der Waals surface area contributed by atoms with Crippen molar-refractivity contribution in [2.45, 2.75) is 38.6 Å². The molecule has 1 aromatic rings. The number of nitrogens with zero attached hydrogens (tertiary/aromatic N) is 1. The second-order valence-corrected chi connectivity index (χ2v) is 7.44. The molecule has 1 saturated heterocycles. The zero-order valence-corrected chi connectivity index (χ0v) is 15.4. The zero-order chi connectivity index (χ0) is 18.0. The third kappa shape index (κ3) is 3.92. The first-order valence-electron chi connectivity index (χ1n) is 8.53. The van der Waals surface area contributed by atoms with Crippen LogP contribution in [0, 0.1) is 17.7 Å². The minimum atomic E-state index is -0.372. The first-order chi connectivity index (χ1) is 12.0. The van der Waals surface area contributed by atoms with Crippen LogP contribution in [0.1, 0.15) is 37.7 Å². The maximum atomic E-state index is 13.2. The van der Waals surface area contributed by atoms with Crippen molar-refractivity contribution in [2.75, 3.05) is 6.54 Å². The molecule has 134 valence electrons. The Kier molecular flexibility index (Phi) is 5.51. The van der Waals surface area contributed by atoms with Gasteiger partial charge in [-0.3, -0.25) is 19.3 Å². The molecule has 0 aromatic heterocycles. The number of benzene rings is 1. The lowest BCUT2D eigenvalue weighted by atomic mass is 9.81. The van der Waals surface area contributed by atoms with Gasteiger partial charge in [0.25, 0.3) is 0 Å². The van der Waals surface area contributed by atoms with Gasteiger partial charge >= 0.3 is 0 Å². The Morgan fingerprint density at radius 3 is 2.48 bits per heavy atom. The first-order valence-corrected chi connectivity index (χ1v) is 9.32. The summed E-state index contributed by atoms with van der Waals surface area (Å²) in [4.78, 5) is 38.0. The molecule has 2 fully saturated rings. The van der Waals surface area contributed by atoms with E-state index in [1.165, 1.54) is 17.0 Å². The number of halogens is 2. The van der Waals surface area contributed by atoms with E-state index in [-0.39, 0.29) is 54.9 Å². The lowest BCUT2D eigenvalue weighted by Gasteiger charge is -2.19. The predicted molar refractivity (Wildman–Crippen MR) is 92.7 cm³/mol. The molecule has 7 heteroatoms. The molecule has 0 radical (unpaired) electrons. The van der Waals surface area contributed by atoms with Crippen molar-refractivity contribution in [3.8, 4) is 0 Å². The highest BCUT2D eigenvalue weighted by molar-refractivity contribution is 9.10.